The molecule has 110 valence electrons. The first-order valence-electron chi connectivity index (χ1n) is 7.50. The molecule has 21 heavy (non-hydrogen) atoms. The zero-order chi connectivity index (χ0) is 14.7. The van der Waals surface area contributed by atoms with Crippen molar-refractivity contribution in [3.05, 3.63) is 59.7 Å². The molecule has 3 rings (SSSR count). The van der Waals surface area contributed by atoms with Crippen LogP contribution in [-0.4, -0.2) is 24.9 Å². The van der Waals surface area contributed by atoms with Crippen molar-refractivity contribution in [2.24, 2.45) is 5.73 Å². The zero-order valence-corrected chi connectivity index (χ0v) is 13.3. The molecule has 1 atom stereocenters. The smallest absolute Gasteiger partial charge is 0.0400 e. The van der Waals surface area contributed by atoms with Crippen LogP contribution in [0.1, 0.15) is 11.1 Å². The highest BCUT2D eigenvalue weighted by molar-refractivity contribution is 7.99. The number of benzene rings is 2. The van der Waals surface area contributed by atoms with E-state index < -0.39 is 0 Å². The molecule has 0 aliphatic carbocycles. The number of hydrogen-bond donors (Lipinski definition) is 1. The van der Waals surface area contributed by atoms with E-state index in [0.29, 0.717) is 0 Å². The van der Waals surface area contributed by atoms with Gasteiger partial charge in [-0.15, -0.1) is 11.8 Å². The Morgan fingerprint density at radius 3 is 2.71 bits per heavy atom. The summed E-state index contributed by atoms with van der Waals surface area (Å²) in [6.45, 7) is 4.13. The highest BCUT2D eigenvalue weighted by atomic mass is 32.2. The molecule has 1 aliphatic heterocycles. The fraction of sp³-hybridized carbons (Fsp3) is 0.333. The highest BCUT2D eigenvalue weighted by Gasteiger charge is 2.21. The summed E-state index contributed by atoms with van der Waals surface area (Å²) >= 11 is 1.92. The number of anilines is 1. The number of hydrogen-bond acceptors (Lipinski definition) is 3. The molecule has 2 aromatic rings. The van der Waals surface area contributed by atoms with E-state index >= 15 is 0 Å². The number of para-hydroxylation sites is 1. The Kier molecular flexibility index (Phi) is 4.51. The summed E-state index contributed by atoms with van der Waals surface area (Å²) in [4.78, 5) is 3.78. The number of thioether (sulfide) groups is 1. The van der Waals surface area contributed by atoms with Crippen molar-refractivity contribution in [3.8, 4) is 0 Å². The van der Waals surface area contributed by atoms with Gasteiger partial charge in [0.15, 0.2) is 0 Å². The van der Waals surface area contributed by atoms with E-state index in [4.69, 9.17) is 5.73 Å². The van der Waals surface area contributed by atoms with Gasteiger partial charge in [-0.05, 0) is 37.1 Å². The van der Waals surface area contributed by atoms with Gasteiger partial charge in [-0.2, -0.15) is 0 Å². The molecule has 0 saturated heterocycles. The molecule has 2 aromatic carbocycles. The van der Waals surface area contributed by atoms with Gasteiger partial charge in [0.05, 0.1) is 0 Å². The van der Waals surface area contributed by atoms with Crippen LogP contribution in [0.4, 0.5) is 5.69 Å². The Balaban J connectivity index is 1.61. The van der Waals surface area contributed by atoms with E-state index in [1.807, 2.05) is 11.8 Å². The third-order valence-corrected chi connectivity index (χ3v) is 4.91. The normalized spacial score (nSPS) is 17.6. The first-order valence-corrected chi connectivity index (χ1v) is 8.49. The Morgan fingerprint density at radius 1 is 1.14 bits per heavy atom. The van der Waals surface area contributed by atoms with Crippen LogP contribution in [-0.2, 0) is 6.42 Å². The van der Waals surface area contributed by atoms with Crippen molar-refractivity contribution in [1.82, 2.24) is 0 Å². The number of aryl methyl sites for hydroxylation is 1. The van der Waals surface area contributed by atoms with E-state index in [0.717, 1.165) is 25.3 Å². The minimum absolute atomic E-state index is 0.254. The average Bonchev–Trinajstić information content (AvgIpc) is 2.49. The second-order valence-electron chi connectivity index (χ2n) is 5.70. The third kappa shape index (κ3) is 3.60. The standard InChI is InChI=1S/C18H22N2S/c1-14-6-8-17(9-7-14)21-11-10-20-13-16(19)12-15-4-2-3-5-18(15)20/h2-9,16H,10-13,19H2,1H3. The fourth-order valence-corrected chi connectivity index (χ4v) is 3.72. The first-order chi connectivity index (χ1) is 10.2. The summed E-state index contributed by atoms with van der Waals surface area (Å²) in [6.07, 6.45) is 0.998. The summed E-state index contributed by atoms with van der Waals surface area (Å²) in [5, 5.41) is 0. The Hall–Kier alpha value is -1.45. The third-order valence-electron chi connectivity index (χ3n) is 3.92. The second kappa shape index (κ2) is 6.54. The van der Waals surface area contributed by atoms with Gasteiger partial charge in [-0.3, -0.25) is 0 Å². The van der Waals surface area contributed by atoms with E-state index in [-0.39, 0.29) is 6.04 Å². The van der Waals surface area contributed by atoms with Crippen molar-refractivity contribution in [1.29, 1.82) is 0 Å². The molecule has 0 radical (unpaired) electrons. The maximum atomic E-state index is 6.19. The maximum absolute atomic E-state index is 6.19. The van der Waals surface area contributed by atoms with E-state index in [9.17, 15) is 0 Å². The molecule has 1 aliphatic rings. The Morgan fingerprint density at radius 2 is 1.90 bits per heavy atom. The minimum Gasteiger partial charge on any atom is -0.369 e. The number of fused-ring (bicyclic) bond motifs is 1. The van der Waals surface area contributed by atoms with Gasteiger partial charge in [0, 0.05) is 35.5 Å². The molecule has 0 amide bonds. The van der Waals surface area contributed by atoms with Crippen LogP contribution in [0.2, 0.25) is 0 Å². The van der Waals surface area contributed by atoms with Crippen LogP contribution in [0, 0.1) is 6.92 Å². The summed E-state index contributed by atoms with van der Waals surface area (Å²) in [6, 6.07) is 17.7. The predicted octanol–water partition coefficient (Wildman–Crippen LogP) is 3.48. The maximum Gasteiger partial charge on any atom is 0.0400 e. The molecule has 0 aromatic heterocycles. The zero-order valence-electron chi connectivity index (χ0n) is 12.5. The summed E-state index contributed by atoms with van der Waals surface area (Å²) in [5.74, 6) is 1.09. The predicted molar refractivity (Wildman–Crippen MR) is 92.2 cm³/mol. The summed E-state index contributed by atoms with van der Waals surface area (Å²) in [5.41, 5.74) is 10.3. The lowest BCUT2D eigenvalue weighted by atomic mass is 9.99. The largest absolute Gasteiger partial charge is 0.369 e. The van der Waals surface area contributed by atoms with Crippen molar-refractivity contribution >= 4 is 17.4 Å². The SMILES string of the molecule is Cc1ccc(SCCN2CC(N)Cc3ccccc32)cc1. The van der Waals surface area contributed by atoms with Crippen LogP contribution in [0.3, 0.4) is 0 Å². The van der Waals surface area contributed by atoms with Crippen LogP contribution in [0.5, 0.6) is 0 Å². The second-order valence-corrected chi connectivity index (χ2v) is 6.87. The molecule has 1 unspecified atom stereocenters. The van der Waals surface area contributed by atoms with E-state index in [1.165, 1.54) is 21.7 Å². The molecular weight excluding hydrogens is 276 g/mol. The summed E-state index contributed by atoms with van der Waals surface area (Å²) < 4.78 is 0. The lowest BCUT2D eigenvalue weighted by molar-refractivity contribution is 0.609. The van der Waals surface area contributed by atoms with Crippen LogP contribution >= 0.6 is 11.8 Å². The topological polar surface area (TPSA) is 29.3 Å². The Bertz CT molecular complexity index is 594. The molecule has 2 nitrogen and oxygen atoms in total. The van der Waals surface area contributed by atoms with Gasteiger partial charge in [0.2, 0.25) is 0 Å². The number of rotatable bonds is 4. The number of nitrogens with two attached hydrogens (primary N) is 1. The first kappa shape index (κ1) is 14.5. The lowest BCUT2D eigenvalue weighted by Crippen LogP contribution is -2.44. The molecule has 0 bridgehead atoms. The van der Waals surface area contributed by atoms with Gasteiger partial charge in [-0.1, -0.05) is 35.9 Å². The van der Waals surface area contributed by atoms with Crippen LogP contribution < -0.4 is 10.6 Å². The van der Waals surface area contributed by atoms with E-state index in [1.54, 1.807) is 0 Å². The van der Waals surface area contributed by atoms with Gasteiger partial charge in [0.1, 0.15) is 0 Å². The van der Waals surface area contributed by atoms with Crippen LogP contribution in [0.15, 0.2) is 53.4 Å². The monoisotopic (exact) mass is 298 g/mol. The molecule has 0 spiro atoms. The van der Waals surface area contributed by atoms with Crippen molar-refractivity contribution in [2.45, 2.75) is 24.3 Å². The van der Waals surface area contributed by atoms with Crippen LogP contribution in [0.25, 0.3) is 0 Å². The van der Waals surface area contributed by atoms with Gasteiger partial charge < -0.3 is 10.6 Å². The molecule has 1 heterocycles. The molecule has 3 heteroatoms. The molecule has 0 fully saturated rings. The van der Waals surface area contributed by atoms with Gasteiger partial charge in [-0.25, -0.2) is 0 Å². The number of nitrogens with zero attached hydrogens (tertiary/aromatic N) is 1. The fourth-order valence-electron chi connectivity index (χ4n) is 2.84. The summed E-state index contributed by atoms with van der Waals surface area (Å²) in [7, 11) is 0. The van der Waals surface area contributed by atoms with E-state index in [2.05, 4.69) is 60.4 Å². The molecule has 2 N–H and O–H groups in total. The Labute approximate surface area is 131 Å². The van der Waals surface area contributed by atoms with Gasteiger partial charge in [0.25, 0.3) is 0 Å². The lowest BCUT2D eigenvalue weighted by Gasteiger charge is -2.34. The highest BCUT2D eigenvalue weighted by Crippen LogP contribution is 2.27. The van der Waals surface area contributed by atoms with Crippen molar-refractivity contribution < 1.29 is 0 Å². The quantitative estimate of drug-likeness (QED) is 0.876. The minimum atomic E-state index is 0.254. The average molecular weight is 298 g/mol. The van der Waals surface area contributed by atoms with Crippen molar-refractivity contribution in [2.75, 3.05) is 23.7 Å². The van der Waals surface area contributed by atoms with Gasteiger partial charge >= 0.3 is 0 Å². The molecular formula is C18H22N2S. The molecule has 0 saturated carbocycles. The van der Waals surface area contributed by atoms with Crippen molar-refractivity contribution in [3.63, 3.8) is 0 Å².